The molecular weight excluding hydrogens is 383 g/mol. The number of halogens is 1. The van der Waals surface area contributed by atoms with Crippen molar-refractivity contribution in [2.24, 2.45) is 5.92 Å². The molecule has 0 spiro atoms. The third-order valence-electron chi connectivity index (χ3n) is 4.04. The Morgan fingerprint density at radius 1 is 1.48 bits per heavy atom. The number of rotatable bonds is 5. The van der Waals surface area contributed by atoms with Crippen LogP contribution in [0.4, 0.5) is 0 Å². The number of hydrogen-bond donors (Lipinski definition) is 0. The van der Waals surface area contributed by atoms with Crippen LogP contribution < -0.4 is 0 Å². The summed E-state index contributed by atoms with van der Waals surface area (Å²) in [6, 6.07) is 0. The number of hydrogen-bond acceptors (Lipinski definition) is 4. The molecule has 0 N–H and O–H groups in total. The lowest BCUT2D eigenvalue weighted by molar-refractivity contribution is 0.0426. The van der Waals surface area contributed by atoms with E-state index >= 15 is 0 Å². The molecule has 1 atom stereocenters. The third kappa shape index (κ3) is 3.41. The smallest absolute Gasteiger partial charge is 0.357 e. The summed E-state index contributed by atoms with van der Waals surface area (Å²) in [6.07, 6.45) is 4.59. The summed E-state index contributed by atoms with van der Waals surface area (Å²) in [6.45, 7) is 4.59. The summed E-state index contributed by atoms with van der Waals surface area (Å²) >= 11 is 2.25. The van der Waals surface area contributed by atoms with Gasteiger partial charge in [0.25, 0.3) is 0 Å². The van der Waals surface area contributed by atoms with Crippen molar-refractivity contribution in [1.82, 2.24) is 9.78 Å². The van der Waals surface area contributed by atoms with E-state index in [-0.39, 0.29) is 5.97 Å². The van der Waals surface area contributed by atoms with E-state index in [1.165, 1.54) is 12.8 Å². The molecular formula is C15H21IN2O3. The molecule has 1 aromatic rings. The summed E-state index contributed by atoms with van der Waals surface area (Å²) in [4.78, 5) is 12.3. The lowest BCUT2D eigenvalue weighted by atomic mass is 10.0. The fourth-order valence-corrected chi connectivity index (χ4v) is 3.85. The molecule has 0 aromatic carbocycles. The Kier molecular flexibility index (Phi) is 4.83. The van der Waals surface area contributed by atoms with Gasteiger partial charge in [0, 0.05) is 25.0 Å². The number of ether oxygens (including phenoxy) is 2. The van der Waals surface area contributed by atoms with Gasteiger partial charge < -0.3 is 9.47 Å². The van der Waals surface area contributed by atoms with E-state index in [2.05, 4.69) is 22.6 Å². The van der Waals surface area contributed by atoms with E-state index in [0.717, 1.165) is 41.9 Å². The van der Waals surface area contributed by atoms with Gasteiger partial charge in [-0.1, -0.05) is 0 Å². The molecule has 1 aliphatic carbocycles. The van der Waals surface area contributed by atoms with Crippen LogP contribution in [0.25, 0.3) is 0 Å². The molecule has 3 rings (SSSR count). The quantitative estimate of drug-likeness (QED) is 0.560. The highest BCUT2D eigenvalue weighted by atomic mass is 127. The van der Waals surface area contributed by atoms with Crippen molar-refractivity contribution >= 4 is 28.6 Å². The van der Waals surface area contributed by atoms with E-state index in [0.29, 0.717) is 24.1 Å². The lowest BCUT2D eigenvalue weighted by Gasteiger charge is -2.22. The highest BCUT2D eigenvalue weighted by Crippen LogP contribution is 2.42. The van der Waals surface area contributed by atoms with Crippen LogP contribution in [-0.2, 0) is 16.0 Å². The topological polar surface area (TPSA) is 53.3 Å². The zero-order valence-electron chi connectivity index (χ0n) is 12.3. The van der Waals surface area contributed by atoms with Crippen molar-refractivity contribution in [2.75, 3.05) is 19.8 Å². The molecule has 2 aliphatic rings. The molecule has 1 unspecified atom stereocenters. The van der Waals surface area contributed by atoms with Crippen molar-refractivity contribution in [3.63, 3.8) is 0 Å². The second-order valence-electron chi connectivity index (χ2n) is 5.81. The second kappa shape index (κ2) is 6.64. The van der Waals surface area contributed by atoms with Gasteiger partial charge in [-0.3, -0.25) is 4.68 Å². The zero-order valence-corrected chi connectivity index (χ0v) is 14.5. The Morgan fingerprint density at radius 3 is 2.90 bits per heavy atom. The molecule has 21 heavy (non-hydrogen) atoms. The largest absolute Gasteiger partial charge is 0.461 e. The molecule has 1 saturated heterocycles. The first-order chi connectivity index (χ1) is 10.2. The average Bonchev–Trinajstić information content (AvgIpc) is 3.26. The van der Waals surface area contributed by atoms with Crippen molar-refractivity contribution in [3.05, 3.63) is 15.0 Å². The number of esters is 1. The molecule has 116 valence electrons. The highest BCUT2D eigenvalue weighted by molar-refractivity contribution is 14.1. The number of aromatic nitrogens is 2. The van der Waals surface area contributed by atoms with E-state index < -0.39 is 0 Å². The molecule has 0 amide bonds. The predicted octanol–water partition coefficient (Wildman–Crippen LogP) is 2.97. The van der Waals surface area contributed by atoms with Gasteiger partial charge in [0.1, 0.15) is 0 Å². The van der Waals surface area contributed by atoms with Gasteiger partial charge in [0.2, 0.25) is 0 Å². The van der Waals surface area contributed by atoms with Crippen LogP contribution in [0.3, 0.4) is 0 Å². The standard InChI is InChI=1S/C15H21IN2O3/c1-2-21-15(19)14-12(16)13(11-5-6-11)17-18(14)8-10-4-3-7-20-9-10/h10-11H,2-9H2,1H3. The van der Waals surface area contributed by atoms with Crippen molar-refractivity contribution < 1.29 is 14.3 Å². The van der Waals surface area contributed by atoms with Crippen molar-refractivity contribution in [1.29, 1.82) is 0 Å². The van der Waals surface area contributed by atoms with Gasteiger partial charge in [-0.05, 0) is 55.2 Å². The third-order valence-corrected chi connectivity index (χ3v) is 5.10. The van der Waals surface area contributed by atoms with Gasteiger partial charge in [-0.2, -0.15) is 5.10 Å². The van der Waals surface area contributed by atoms with E-state index in [1.54, 1.807) is 0 Å². The maximum atomic E-state index is 12.3. The molecule has 2 fully saturated rings. The molecule has 5 nitrogen and oxygen atoms in total. The molecule has 1 aromatic heterocycles. The maximum Gasteiger partial charge on any atom is 0.357 e. The highest BCUT2D eigenvalue weighted by Gasteiger charge is 2.33. The average molecular weight is 404 g/mol. The Hall–Kier alpha value is -0.630. The first kappa shape index (κ1) is 15.3. The van der Waals surface area contributed by atoms with Crippen molar-refractivity contribution in [2.45, 2.75) is 45.1 Å². The summed E-state index contributed by atoms with van der Waals surface area (Å²) in [5.41, 5.74) is 1.71. The van der Waals surface area contributed by atoms with Crippen LogP contribution in [0.15, 0.2) is 0 Å². The first-order valence-corrected chi connectivity index (χ1v) is 8.79. The summed E-state index contributed by atoms with van der Waals surface area (Å²) < 4.78 is 13.6. The minimum absolute atomic E-state index is 0.252. The molecule has 2 heterocycles. The van der Waals surface area contributed by atoms with E-state index in [4.69, 9.17) is 14.6 Å². The van der Waals surface area contributed by atoms with Crippen LogP contribution in [-0.4, -0.2) is 35.6 Å². The Morgan fingerprint density at radius 2 is 2.29 bits per heavy atom. The molecule has 6 heteroatoms. The van der Waals surface area contributed by atoms with Crippen LogP contribution >= 0.6 is 22.6 Å². The number of nitrogens with zero attached hydrogens (tertiary/aromatic N) is 2. The minimum Gasteiger partial charge on any atom is -0.461 e. The van der Waals surface area contributed by atoms with Crippen LogP contribution in [0.2, 0.25) is 0 Å². The SMILES string of the molecule is CCOC(=O)c1c(I)c(C2CC2)nn1CC1CCCOC1. The summed E-state index contributed by atoms with van der Waals surface area (Å²) in [7, 11) is 0. The van der Waals surface area contributed by atoms with Crippen LogP contribution in [0.1, 0.15) is 54.7 Å². The summed E-state index contributed by atoms with van der Waals surface area (Å²) in [5, 5.41) is 4.72. The van der Waals surface area contributed by atoms with E-state index in [1.807, 2.05) is 11.6 Å². The molecule has 0 radical (unpaired) electrons. The lowest BCUT2D eigenvalue weighted by Crippen LogP contribution is -2.25. The number of carbonyl (C=O) groups is 1. The van der Waals surface area contributed by atoms with Gasteiger partial charge in [0.05, 0.1) is 22.5 Å². The van der Waals surface area contributed by atoms with Gasteiger partial charge >= 0.3 is 5.97 Å². The minimum atomic E-state index is -0.252. The van der Waals surface area contributed by atoms with Gasteiger partial charge in [-0.25, -0.2) is 4.79 Å². The number of carbonyl (C=O) groups excluding carboxylic acids is 1. The van der Waals surface area contributed by atoms with Crippen LogP contribution in [0.5, 0.6) is 0 Å². The van der Waals surface area contributed by atoms with Crippen LogP contribution in [0, 0.1) is 9.49 Å². The fourth-order valence-electron chi connectivity index (χ4n) is 2.80. The maximum absolute atomic E-state index is 12.3. The van der Waals surface area contributed by atoms with Gasteiger partial charge in [-0.15, -0.1) is 0 Å². The predicted molar refractivity (Wildman–Crippen MR) is 86.4 cm³/mol. The molecule has 1 aliphatic heterocycles. The Bertz CT molecular complexity index is 519. The zero-order chi connectivity index (χ0) is 14.8. The van der Waals surface area contributed by atoms with Gasteiger partial charge in [0.15, 0.2) is 5.69 Å². The van der Waals surface area contributed by atoms with Crippen molar-refractivity contribution in [3.8, 4) is 0 Å². The molecule has 0 bridgehead atoms. The summed E-state index contributed by atoms with van der Waals surface area (Å²) in [5.74, 6) is 0.724. The Labute approximate surface area is 138 Å². The first-order valence-electron chi connectivity index (χ1n) is 7.71. The fraction of sp³-hybridized carbons (Fsp3) is 0.733. The normalized spacial score (nSPS) is 22.3. The van der Waals surface area contributed by atoms with E-state index in [9.17, 15) is 4.79 Å². The molecule has 1 saturated carbocycles. The Balaban J connectivity index is 1.85. The second-order valence-corrected chi connectivity index (χ2v) is 6.89. The monoisotopic (exact) mass is 404 g/mol.